The molecule has 1 N–H and O–H groups in total. The molecule has 0 aromatic carbocycles. The molecular weight excluding hydrogens is 266 g/mol. The highest BCUT2D eigenvalue weighted by Crippen LogP contribution is 2.09. The molecule has 0 spiro atoms. The third-order valence-corrected chi connectivity index (χ3v) is 3.51. The number of unbranched alkanes of at least 4 members (excludes halogenated alkanes) is 7. The zero-order valence-electron chi connectivity index (χ0n) is 13.5. The third kappa shape index (κ3) is 12.2. The summed E-state index contributed by atoms with van der Waals surface area (Å²) >= 11 is 0. The second-order valence-electron chi connectivity index (χ2n) is 5.51. The third-order valence-electron chi connectivity index (χ3n) is 3.51. The average molecular weight is 297 g/mol. The molecule has 4 nitrogen and oxygen atoms in total. The highest BCUT2D eigenvalue weighted by Gasteiger charge is 2.15. The summed E-state index contributed by atoms with van der Waals surface area (Å²) in [4.78, 5) is 24.3. The summed E-state index contributed by atoms with van der Waals surface area (Å²) in [7, 11) is 0. The number of allylic oxidation sites excluding steroid dienone is 1. The lowest BCUT2D eigenvalue weighted by molar-refractivity contribution is -0.144. The zero-order chi connectivity index (χ0) is 15.9. The fourth-order valence-corrected chi connectivity index (χ4v) is 2.27. The van der Waals surface area contributed by atoms with Crippen LogP contribution in [0.1, 0.15) is 71.1 Å². The van der Waals surface area contributed by atoms with Gasteiger partial charge in [0.1, 0.15) is 6.54 Å². The van der Waals surface area contributed by atoms with E-state index in [1.54, 1.807) is 6.08 Å². The summed E-state index contributed by atoms with van der Waals surface area (Å²) in [6, 6.07) is 0. The van der Waals surface area contributed by atoms with Crippen LogP contribution in [0.3, 0.4) is 0 Å². The smallest absolute Gasteiger partial charge is 0.323 e. The summed E-state index contributed by atoms with van der Waals surface area (Å²) in [6.45, 7) is 6.20. The predicted molar refractivity (Wildman–Crippen MR) is 86.3 cm³/mol. The first-order valence-electron chi connectivity index (χ1n) is 8.22. The van der Waals surface area contributed by atoms with Gasteiger partial charge in [-0.25, -0.2) is 0 Å². The van der Waals surface area contributed by atoms with E-state index in [4.69, 9.17) is 5.11 Å². The molecule has 0 atom stereocenters. The van der Waals surface area contributed by atoms with Crippen LogP contribution in [0.2, 0.25) is 0 Å². The summed E-state index contributed by atoms with van der Waals surface area (Å²) in [6.07, 6.45) is 11.9. The van der Waals surface area contributed by atoms with E-state index >= 15 is 0 Å². The highest BCUT2D eigenvalue weighted by atomic mass is 16.4. The lowest BCUT2D eigenvalue weighted by atomic mass is 10.1. The molecule has 0 unspecified atom stereocenters. The van der Waals surface area contributed by atoms with Crippen LogP contribution in [0.15, 0.2) is 12.7 Å². The van der Waals surface area contributed by atoms with E-state index in [-0.39, 0.29) is 12.5 Å². The molecule has 0 aromatic heterocycles. The van der Waals surface area contributed by atoms with Gasteiger partial charge in [0.15, 0.2) is 0 Å². The molecule has 0 radical (unpaired) electrons. The molecule has 21 heavy (non-hydrogen) atoms. The first-order chi connectivity index (χ1) is 10.1. The number of amides is 1. The van der Waals surface area contributed by atoms with Crippen LogP contribution in [0.5, 0.6) is 0 Å². The van der Waals surface area contributed by atoms with Crippen molar-refractivity contribution in [3.05, 3.63) is 12.7 Å². The Morgan fingerprint density at radius 3 is 2.24 bits per heavy atom. The Bertz CT molecular complexity index is 302. The summed E-state index contributed by atoms with van der Waals surface area (Å²) < 4.78 is 0. The molecule has 0 rings (SSSR count). The monoisotopic (exact) mass is 297 g/mol. The standard InChI is InChI=1S/C17H31NO3/c1-3-5-7-8-9-10-12-14-18(15-17(20)21)16(19)13-11-6-4-2/h4H,2-3,5-15H2,1H3,(H,20,21). The fourth-order valence-electron chi connectivity index (χ4n) is 2.27. The highest BCUT2D eigenvalue weighted by molar-refractivity contribution is 5.81. The molecule has 0 fully saturated rings. The van der Waals surface area contributed by atoms with Crippen LogP contribution >= 0.6 is 0 Å². The van der Waals surface area contributed by atoms with Gasteiger partial charge < -0.3 is 10.0 Å². The van der Waals surface area contributed by atoms with Crippen LogP contribution < -0.4 is 0 Å². The lowest BCUT2D eigenvalue weighted by Crippen LogP contribution is -2.36. The Morgan fingerprint density at radius 2 is 1.67 bits per heavy atom. The van der Waals surface area contributed by atoms with Crippen LogP contribution in [0.25, 0.3) is 0 Å². The topological polar surface area (TPSA) is 57.6 Å². The first-order valence-corrected chi connectivity index (χ1v) is 8.22. The van der Waals surface area contributed by atoms with Gasteiger partial charge >= 0.3 is 5.97 Å². The van der Waals surface area contributed by atoms with Gasteiger partial charge in [-0.15, -0.1) is 6.58 Å². The Hall–Kier alpha value is -1.32. The Kier molecular flexibility index (Phi) is 12.8. The molecule has 0 aliphatic rings. The van der Waals surface area contributed by atoms with Crippen molar-refractivity contribution in [2.45, 2.75) is 71.1 Å². The van der Waals surface area contributed by atoms with Gasteiger partial charge in [0.25, 0.3) is 0 Å². The predicted octanol–water partition coefficient (Wildman–Crippen LogP) is 4.01. The number of hydrogen-bond acceptors (Lipinski definition) is 2. The van der Waals surface area contributed by atoms with Crippen LogP contribution in [0.4, 0.5) is 0 Å². The van der Waals surface area contributed by atoms with Gasteiger partial charge in [0.05, 0.1) is 0 Å². The van der Waals surface area contributed by atoms with Crippen molar-refractivity contribution < 1.29 is 14.7 Å². The minimum Gasteiger partial charge on any atom is -0.480 e. The number of carboxylic acid groups (broad SMARTS) is 1. The normalized spacial score (nSPS) is 10.3. The van der Waals surface area contributed by atoms with E-state index in [1.807, 2.05) is 0 Å². The van der Waals surface area contributed by atoms with Crippen molar-refractivity contribution in [3.8, 4) is 0 Å². The molecular formula is C17H31NO3. The Morgan fingerprint density at radius 1 is 1.05 bits per heavy atom. The van der Waals surface area contributed by atoms with E-state index < -0.39 is 5.97 Å². The van der Waals surface area contributed by atoms with E-state index in [9.17, 15) is 9.59 Å². The number of hydrogen-bond donors (Lipinski definition) is 1. The Labute approximate surface area is 129 Å². The molecule has 1 amide bonds. The number of rotatable bonds is 14. The molecule has 0 aliphatic heterocycles. The quantitative estimate of drug-likeness (QED) is 0.389. The van der Waals surface area contributed by atoms with Gasteiger partial charge in [0, 0.05) is 13.0 Å². The van der Waals surface area contributed by atoms with Crippen molar-refractivity contribution in [1.82, 2.24) is 4.90 Å². The van der Waals surface area contributed by atoms with Gasteiger partial charge in [-0.1, -0.05) is 51.5 Å². The van der Waals surface area contributed by atoms with E-state index in [2.05, 4.69) is 13.5 Å². The van der Waals surface area contributed by atoms with Crippen LogP contribution in [-0.4, -0.2) is 35.0 Å². The fraction of sp³-hybridized carbons (Fsp3) is 0.765. The summed E-state index contributed by atoms with van der Waals surface area (Å²) in [5.74, 6) is -0.986. The number of aliphatic carboxylic acids is 1. The van der Waals surface area contributed by atoms with E-state index in [0.717, 1.165) is 25.7 Å². The van der Waals surface area contributed by atoms with E-state index in [0.29, 0.717) is 13.0 Å². The SMILES string of the molecule is C=CCCCC(=O)N(CCCCCCCCC)CC(=O)O. The zero-order valence-corrected chi connectivity index (χ0v) is 13.5. The number of nitrogens with zero attached hydrogens (tertiary/aromatic N) is 1. The Balaban J connectivity index is 3.92. The number of carbonyl (C=O) groups is 2. The number of carboxylic acids is 1. The van der Waals surface area contributed by atoms with Gasteiger partial charge in [-0.3, -0.25) is 9.59 Å². The van der Waals surface area contributed by atoms with Crippen molar-refractivity contribution in [2.75, 3.05) is 13.1 Å². The molecule has 0 aromatic rings. The first kappa shape index (κ1) is 19.7. The summed E-state index contributed by atoms with van der Waals surface area (Å²) in [5, 5.41) is 8.89. The molecule has 0 aliphatic carbocycles. The van der Waals surface area contributed by atoms with Crippen molar-refractivity contribution in [3.63, 3.8) is 0 Å². The molecule has 0 heterocycles. The number of carbonyl (C=O) groups excluding carboxylic acids is 1. The van der Waals surface area contributed by atoms with Crippen molar-refractivity contribution in [1.29, 1.82) is 0 Å². The molecule has 0 bridgehead atoms. The maximum atomic E-state index is 12.0. The van der Waals surface area contributed by atoms with Crippen molar-refractivity contribution >= 4 is 11.9 Å². The molecule has 4 heteroatoms. The largest absolute Gasteiger partial charge is 0.480 e. The van der Waals surface area contributed by atoms with Crippen LogP contribution in [-0.2, 0) is 9.59 Å². The van der Waals surface area contributed by atoms with E-state index in [1.165, 1.54) is 37.0 Å². The maximum Gasteiger partial charge on any atom is 0.323 e. The van der Waals surface area contributed by atoms with Gasteiger partial charge in [-0.05, 0) is 19.3 Å². The molecule has 0 saturated heterocycles. The molecule has 0 saturated carbocycles. The van der Waals surface area contributed by atoms with Gasteiger partial charge in [0.2, 0.25) is 5.91 Å². The van der Waals surface area contributed by atoms with Gasteiger partial charge in [-0.2, -0.15) is 0 Å². The minimum atomic E-state index is -0.935. The second kappa shape index (κ2) is 13.7. The second-order valence-corrected chi connectivity index (χ2v) is 5.51. The minimum absolute atomic E-state index is 0.0507. The van der Waals surface area contributed by atoms with Crippen LogP contribution in [0, 0.1) is 0 Å². The average Bonchev–Trinajstić information content (AvgIpc) is 2.44. The maximum absolute atomic E-state index is 12.0. The lowest BCUT2D eigenvalue weighted by Gasteiger charge is -2.20. The summed E-state index contributed by atoms with van der Waals surface area (Å²) in [5.41, 5.74) is 0. The molecule has 122 valence electrons. The van der Waals surface area contributed by atoms with Crippen molar-refractivity contribution in [2.24, 2.45) is 0 Å².